The standard InChI is InChI=1S/C13H19N3O4/c1-13(2,3)20-12(18)15-7-9(8-15)16-6-5-10(14-16)11(17)19-4/h5-6,9H,7-8H2,1-4H3. The van der Waals surface area contributed by atoms with Gasteiger partial charge in [0.1, 0.15) is 5.60 Å². The Bertz CT molecular complexity index is 512. The van der Waals surface area contributed by atoms with Crippen molar-refractivity contribution in [2.45, 2.75) is 32.4 Å². The fraction of sp³-hybridized carbons (Fsp3) is 0.615. The summed E-state index contributed by atoms with van der Waals surface area (Å²) in [5, 5.41) is 4.13. The first-order valence-electron chi connectivity index (χ1n) is 6.41. The number of carbonyl (C=O) groups excluding carboxylic acids is 2. The minimum atomic E-state index is -0.494. The molecule has 110 valence electrons. The van der Waals surface area contributed by atoms with Gasteiger partial charge in [-0.15, -0.1) is 0 Å². The van der Waals surface area contributed by atoms with Gasteiger partial charge in [0.05, 0.1) is 13.2 Å². The van der Waals surface area contributed by atoms with E-state index in [2.05, 4.69) is 9.84 Å². The van der Waals surface area contributed by atoms with Crippen LogP contribution in [0.3, 0.4) is 0 Å². The van der Waals surface area contributed by atoms with Crippen molar-refractivity contribution in [2.24, 2.45) is 0 Å². The van der Waals surface area contributed by atoms with Crippen LogP contribution >= 0.6 is 0 Å². The van der Waals surface area contributed by atoms with E-state index in [0.717, 1.165) is 0 Å². The van der Waals surface area contributed by atoms with Crippen LogP contribution < -0.4 is 0 Å². The lowest BCUT2D eigenvalue weighted by atomic mass is 10.1. The van der Waals surface area contributed by atoms with E-state index in [4.69, 9.17) is 4.74 Å². The summed E-state index contributed by atoms with van der Waals surface area (Å²) in [4.78, 5) is 24.7. The highest BCUT2D eigenvalue weighted by Crippen LogP contribution is 2.23. The van der Waals surface area contributed by atoms with Crippen LogP contribution in [0.5, 0.6) is 0 Å². The molecule has 0 radical (unpaired) electrons. The van der Waals surface area contributed by atoms with E-state index in [-0.39, 0.29) is 17.8 Å². The van der Waals surface area contributed by atoms with Crippen molar-refractivity contribution >= 4 is 12.1 Å². The van der Waals surface area contributed by atoms with Crippen molar-refractivity contribution in [3.63, 3.8) is 0 Å². The highest BCUT2D eigenvalue weighted by atomic mass is 16.6. The molecule has 1 aromatic heterocycles. The number of amides is 1. The Balaban J connectivity index is 1.89. The molecule has 1 fully saturated rings. The average molecular weight is 281 g/mol. The predicted octanol–water partition coefficient (Wildman–Crippen LogP) is 1.46. The number of methoxy groups -OCH3 is 1. The third-order valence-corrected chi connectivity index (χ3v) is 2.89. The van der Waals surface area contributed by atoms with Crippen molar-refractivity contribution in [1.82, 2.24) is 14.7 Å². The lowest BCUT2D eigenvalue weighted by molar-refractivity contribution is -0.000534. The van der Waals surface area contributed by atoms with Gasteiger partial charge in [-0.1, -0.05) is 0 Å². The molecule has 0 aliphatic carbocycles. The topological polar surface area (TPSA) is 73.7 Å². The van der Waals surface area contributed by atoms with E-state index < -0.39 is 11.6 Å². The summed E-state index contributed by atoms with van der Waals surface area (Å²) in [6, 6.07) is 1.67. The second-order valence-corrected chi connectivity index (χ2v) is 5.71. The number of hydrogen-bond acceptors (Lipinski definition) is 5. The molecule has 7 heteroatoms. The molecule has 7 nitrogen and oxygen atoms in total. The van der Waals surface area contributed by atoms with E-state index in [0.29, 0.717) is 13.1 Å². The molecule has 2 heterocycles. The maximum absolute atomic E-state index is 11.8. The Hall–Kier alpha value is -2.05. The highest BCUT2D eigenvalue weighted by Gasteiger charge is 2.35. The van der Waals surface area contributed by atoms with Crippen molar-refractivity contribution in [3.05, 3.63) is 18.0 Å². The van der Waals surface area contributed by atoms with Gasteiger partial charge in [0, 0.05) is 19.3 Å². The number of nitrogens with zero attached hydrogens (tertiary/aromatic N) is 3. The van der Waals surface area contributed by atoms with Crippen LogP contribution in [0.2, 0.25) is 0 Å². The minimum absolute atomic E-state index is 0.0703. The number of rotatable bonds is 2. The molecule has 1 amide bonds. The lowest BCUT2D eigenvalue weighted by Gasteiger charge is -2.39. The first-order chi connectivity index (χ1) is 9.30. The summed E-state index contributed by atoms with van der Waals surface area (Å²) in [5.74, 6) is -0.466. The number of esters is 1. The Morgan fingerprint density at radius 2 is 2.00 bits per heavy atom. The molecular weight excluding hydrogens is 262 g/mol. The Morgan fingerprint density at radius 1 is 1.35 bits per heavy atom. The molecule has 2 rings (SSSR count). The van der Waals surface area contributed by atoms with Gasteiger partial charge in [0.15, 0.2) is 5.69 Å². The summed E-state index contributed by atoms with van der Waals surface area (Å²) in [6.07, 6.45) is 1.39. The van der Waals surface area contributed by atoms with Crippen LogP contribution in [-0.2, 0) is 9.47 Å². The molecule has 1 saturated heterocycles. The second-order valence-electron chi connectivity index (χ2n) is 5.71. The molecule has 0 N–H and O–H groups in total. The van der Waals surface area contributed by atoms with Gasteiger partial charge in [-0.3, -0.25) is 4.68 Å². The van der Waals surface area contributed by atoms with E-state index in [1.54, 1.807) is 21.8 Å². The monoisotopic (exact) mass is 281 g/mol. The molecule has 1 aromatic rings. The molecule has 0 atom stereocenters. The smallest absolute Gasteiger partial charge is 0.410 e. The first kappa shape index (κ1) is 14.4. The molecular formula is C13H19N3O4. The maximum Gasteiger partial charge on any atom is 0.410 e. The summed E-state index contributed by atoms with van der Waals surface area (Å²) < 4.78 is 11.5. The molecule has 0 unspecified atom stereocenters. The summed E-state index contributed by atoms with van der Waals surface area (Å²) >= 11 is 0. The van der Waals surface area contributed by atoms with Gasteiger partial charge in [0.2, 0.25) is 0 Å². The summed E-state index contributed by atoms with van der Waals surface area (Å²) in [7, 11) is 1.31. The molecule has 0 saturated carbocycles. The molecule has 1 aliphatic rings. The van der Waals surface area contributed by atoms with E-state index in [9.17, 15) is 9.59 Å². The van der Waals surface area contributed by atoms with Gasteiger partial charge in [-0.2, -0.15) is 5.10 Å². The Kier molecular flexibility index (Phi) is 3.69. The van der Waals surface area contributed by atoms with Crippen molar-refractivity contribution in [1.29, 1.82) is 0 Å². The maximum atomic E-state index is 11.8. The Morgan fingerprint density at radius 3 is 2.55 bits per heavy atom. The zero-order chi connectivity index (χ0) is 14.9. The average Bonchev–Trinajstić information content (AvgIpc) is 2.72. The quantitative estimate of drug-likeness (QED) is 0.767. The van der Waals surface area contributed by atoms with E-state index >= 15 is 0 Å². The van der Waals surface area contributed by atoms with Gasteiger partial charge in [0.25, 0.3) is 0 Å². The fourth-order valence-corrected chi connectivity index (χ4v) is 1.85. The van der Waals surface area contributed by atoms with Gasteiger partial charge in [-0.25, -0.2) is 9.59 Å². The largest absolute Gasteiger partial charge is 0.464 e. The summed E-state index contributed by atoms with van der Waals surface area (Å²) in [6.45, 7) is 6.54. The number of hydrogen-bond donors (Lipinski definition) is 0. The molecule has 0 aromatic carbocycles. The normalized spacial score (nSPS) is 15.7. The first-order valence-corrected chi connectivity index (χ1v) is 6.41. The predicted molar refractivity (Wildman–Crippen MR) is 70.4 cm³/mol. The zero-order valence-electron chi connectivity index (χ0n) is 12.1. The van der Waals surface area contributed by atoms with Gasteiger partial charge >= 0.3 is 12.1 Å². The van der Waals surface area contributed by atoms with Gasteiger partial charge in [-0.05, 0) is 26.8 Å². The van der Waals surface area contributed by atoms with Gasteiger partial charge < -0.3 is 14.4 Å². The zero-order valence-corrected chi connectivity index (χ0v) is 12.1. The lowest BCUT2D eigenvalue weighted by Crippen LogP contribution is -2.52. The molecule has 0 spiro atoms. The van der Waals surface area contributed by atoms with Crippen molar-refractivity contribution in [3.8, 4) is 0 Å². The molecule has 1 aliphatic heterocycles. The number of carbonyl (C=O) groups is 2. The third-order valence-electron chi connectivity index (χ3n) is 2.89. The van der Waals surface area contributed by atoms with Crippen LogP contribution in [0.1, 0.15) is 37.3 Å². The van der Waals surface area contributed by atoms with E-state index in [1.807, 2.05) is 20.8 Å². The van der Waals surface area contributed by atoms with E-state index in [1.165, 1.54) is 7.11 Å². The van der Waals surface area contributed by atoms with Crippen LogP contribution in [0.15, 0.2) is 12.3 Å². The third kappa shape index (κ3) is 3.09. The number of aromatic nitrogens is 2. The van der Waals surface area contributed by atoms with Crippen LogP contribution in [-0.4, -0.2) is 52.5 Å². The minimum Gasteiger partial charge on any atom is -0.464 e. The van der Waals surface area contributed by atoms with Crippen molar-refractivity contribution in [2.75, 3.05) is 20.2 Å². The van der Waals surface area contributed by atoms with Crippen molar-refractivity contribution < 1.29 is 19.1 Å². The summed E-state index contributed by atoms with van der Waals surface area (Å²) in [5.41, 5.74) is -0.227. The number of likely N-dealkylation sites (tertiary alicyclic amines) is 1. The molecule has 20 heavy (non-hydrogen) atoms. The van der Waals surface area contributed by atoms with Crippen LogP contribution in [0, 0.1) is 0 Å². The van der Waals surface area contributed by atoms with Crippen LogP contribution in [0.25, 0.3) is 0 Å². The Labute approximate surface area is 117 Å². The second kappa shape index (κ2) is 5.15. The number of ether oxygens (including phenoxy) is 2. The highest BCUT2D eigenvalue weighted by molar-refractivity contribution is 5.86. The fourth-order valence-electron chi connectivity index (χ4n) is 1.85. The molecule has 0 bridgehead atoms. The SMILES string of the molecule is COC(=O)c1ccn(C2CN(C(=O)OC(C)(C)C)C2)n1. The van der Waals surface area contributed by atoms with Crippen LogP contribution in [0.4, 0.5) is 4.79 Å².